The lowest BCUT2D eigenvalue weighted by Gasteiger charge is -2.28. The van der Waals surface area contributed by atoms with Crippen molar-refractivity contribution in [2.45, 2.75) is 51.6 Å². The van der Waals surface area contributed by atoms with Crippen LogP contribution in [-0.2, 0) is 25.4 Å². The van der Waals surface area contributed by atoms with Crippen molar-refractivity contribution >= 4 is 11.7 Å². The van der Waals surface area contributed by atoms with Gasteiger partial charge in [-0.3, -0.25) is 4.68 Å². The molecule has 2 aliphatic heterocycles. The minimum Gasteiger partial charge on any atom is -0.320 e. The Kier molecular flexibility index (Phi) is 5.18. The van der Waals surface area contributed by atoms with Crippen LogP contribution in [0.25, 0.3) is 0 Å². The molecule has 3 heterocycles. The molecular weight excluding hydrogens is 395 g/mol. The molecule has 1 atom stereocenters. The maximum absolute atomic E-state index is 14.9. The largest absolute Gasteiger partial charge is 0.322 e. The molecule has 1 aromatic carbocycles. The van der Waals surface area contributed by atoms with E-state index in [1.807, 2.05) is 6.92 Å². The van der Waals surface area contributed by atoms with E-state index in [4.69, 9.17) is 5.26 Å². The first-order chi connectivity index (χ1) is 14.3. The van der Waals surface area contributed by atoms with Gasteiger partial charge >= 0.3 is 6.03 Å². The summed E-state index contributed by atoms with van der Waals surface area (Å²) in [5, 5.41) is 16.0. The topological polar surface area (TPSA) is 74.0 Å². The molecule has 0 saturated carbocycles. The van der Waals surface area contributed by atoms with Crippen LogP contribution in [0.1, 0.15) is 48.7 Å². The number of urea groups is 1. The van der Waals surface area contributed by atoms with Crippen LogP contribution < -0.4 is 5.32 Å². The Hall–Kier alpha value is -3.02. The lowest BCUT2D eigenvalue weighted by Crippen LogP contribution is -2.39. The lowest BCUT2D eigenvalue weighted by molar-refractivity contribution is -0.0218. The van der Waals surface area contributed by atoms with Gasteiger partial charge in [-0.1, -0.05) is 13.3 Å². The quantitative estimate of drug-likeness (QED) is 0.787. The number of anilines is 1. The molecule has 0 bridgehead atoms. The van der Waals surface area contributed by atoms with E-state index in [-0.39, 0.29) is 35.8 Å². The predicted molar refractivity (Wildman–Crippen MR) is 103 cm³/mol. The number of alkyl halides is 2. The Balaban J connectivity index is 1.57. The zero-order valence-corrected chi connectivity index (χ0v) is 16.6. The summed E-state index contributed by atoms with van der Waals surface area (Å²) in [5.41, 5.74) is 1.07. The van der Waals surface area contributed by atoms with Crippen molar-refractivity contribution in [3.63, 3.8) is 0 Å². The van der Waals surface area contributed by atoms with Crippen LogP contribution in [0, 0.1) is 23.1 Å². The van der Waals surface area contributed by atoms with Crippen LogP contribution in [0.2, 0.25) is 0 Å². The Morgan fingerprint density at radius 2 is 2.23 bits per heavy atom. The molecule has 2 aliphatic rings. The standard InChI is InChI=1S/C21H22F3N5O/c1-2-13-5-7-21(23,24)19-16-12-28(8-6-18(16)27-29(19)11-13)20(30)26-15-3-4-17(22)14(9-15)10-25/h3-4,9,13H,2,5-8,11-12H2,1H3,(H,26,30). The number of nitrogens with zero attached hydrogens (tertiary/aromatic N) is 4. The van der Waals surface area contributed by atoms with Gasteiger partial charge in [0, 0.05) is 37.2 Å². The molecule has 6 nitrogen and oxygen atoms in total. The number of nitrogens with one attached hydrogen (secondary N) is 1. The average Bonchev–Trinajstić information content (AvgIpc) is 3.04. The van der Waals surface area contributed by atoms with Crippen LogP contribution >= 0.6 is 0 Å². The third kappa shape index (κ3) is 3.62. The highest BCUT2D eigenvalue weighted by atomic mass is 19.3. The second-order valence-electron chi connectivity index (χ2n) is 7.88. The molecule has 0 fully saturated rings. The molecule has 0 radical (unpaired) electrons. The van der Waals surface area contributed by atoms with Gasteiger partial charge in [0.1, 0.15) is 17.6 Å². The van der Waals surface area contributed by atoms with Crippen LogP contribution in [0.5, 0.6) is 0 Å². The third-order valence-electron chi connectivity index (χ3n) is 5.95. The summed E-state index contributed by atoms with van der Waals surface area (Å²) in [7, 11) is 0. The van der Waals surface area contributed by atoms with Gasteiger partial charge in [-0.05, 0) is 30.5 Å². The van der Waals surface area contributed by atoms with Gasteiger partial charge in [0.15, 0.2) is 0 Å². The van der Waals surface area contributed by atoms with E-state index in [0.29, 0.717) is 37.2 Å². The van der Waals surface area contributed by atoms with Crippen LogP contribution in [0.4, 0.5) is 23.7 Å². The first kappa shape index (κ1) is 20.3. The summed E-state index contributed by atoms with van der Waals surface area (Å²) in [6, 6.07) is 4.94. The number of halogens is 3. The van der Waals surface area contributed by atoms with Gasteiger partial charge in [0.2, 0.25) is 0 Å². The number of nitriles is 1. The molecule has 0 spiro atoms. The summed E-state index contributed by atoms with van der Waals surface area (Å²) in [5.74, 6) is -3.50. The minimum atomic E-state index is -2.98. The van der Waals surface area contributed by atoms with Crippen molar-refractivity contribution < 1.29 is 18.0 Å². The normalized spacial score (nSPS) is 20.0. The summed E-state index contributed by atoms with van der Waals surface area (Å²) in [4.78, 5) is 14.1. The van der Waals surface area contributed by atoms with Gasteiger partial charge in [-0.25, -0.2) is 9.18 Å². The number of hydrogen-bond acceptors (Lipinski definition) is 3. The van der Waals surface area contributed by atoms with Crippen molar-refractivity contribution in [3.05, 3.63) is 46.5 Å². The summed E-state index contributed by atoms with van der Waals surface area (Å²) < 4.78 is 44.8. The smallest absolute Gasteiger partial charge is 0.320 e. The van der Waals surface area contributed by atoms with E-state index < -0.39 is 17.8 Å². The summed E-state index contributed by atoms with van der Waals surface area (Å²) in [6.07, 6.45) is 1.43. The van der Waals surface area contributed by atoms with Gasteiger partial charge < -0.3 is 10.2 Å². The lowest BCUT2D eigenvalue weighted by atomic mass is 9.97. The van der Waals surface area contributed by atoms with Crippen molar-refractivity contribution in [2.75, 3.05) is 11.9 Å². The van der Waals surface area contributed by atoms with E-state index >= 15 is 0 Å². The molecule has 0 aliphatic carbocycles. The van der Waals surface area contributed by atoms with Crippen LogP contribution in [0.15, 0.2) is 18.2 Å². The second-order valence-corrected chi connectivity index (χ2v) is 7.88. The summed E-state index contributed by atoms with van der Waals surface area (Å²) in [6.45, 7) is 2.84. The van der Waals surface area contributed by atoms with Gasteiger partial charge in [-0.15, -0.1) is 0 Å². The van der Waals surface area contributed by atoms with Crippen molar-refractivity contribution in [3.8, 4) is 6.07 Å². The highest BCUT2D eigenvalue weighted by molar-refractivity contribution is 5.89. The maximum Gasteiger partial charge on any atom is 0.322 e. The fourth-order valence-corrected chi connectivity index (χ4v) is 4.21. The zero-order chi connectivity index (χ0) is 21.5. The average molecular weight is 417 g/mol. The number of carbonyl (C=O) groups is 1. The molecular formula is C21H22F3N5O. The van der Waals surface area contributed by atoms with E-state index in [0.717, 1.165) is 12.5 Å². The molecule has 30 heavy (non-hydrogen) atoms. The molecule has 158 valence electrons. The first-order valence-electron chi connectivity index (χ1n) is 10.0. The van der Waals surface area contributed by atoms with E-state index in [2.05, 4.69) is 10.4 Å². The Labute approximate surface area is 172 Å². The Morgan fingerprint density at radius 3 is 2.97 bits per heavy atom. The van der Waals surface area contributed by atoms with Gasteiger partial charge in [0.05, 0.1) is 17.8 Å². The molecule has 1 unspecified atom stereocenters. The molecule has 1 aromatic heterocycles. The number of aromatic nitrogens is 2. The number of fused-ring (bicyclic) bond motifs is 3. The number of rotatable bonds is 2. The highest BCUT2D eigenvalue weighted by Gasteiger charge is 2.43. The van der Waals surface area contributed by atoms with Crippen molar-refractivity contribution in [2.24, 2.45) is 5.92 Å². The first-order valence-corrected chi connectivity index (χ1v) is 10.0. The number of benzene rings is 1. The number of hydrogen-bond donors (Lipinski definition) is 1. The van der Waals surface area contributed by atoms with Gasteiger partial charge in [0.25, 0.3) is 5.92 Å². The number of carbonyl (C=O) groups excluding carboxylic acids is 1. The second kappa shape index (κ2) is 7.67. The number of amides is 2. The monoisotopic (exact) mass is 417 g/mol. The van der Waals surface area contributed by atoms with Crippen molar-refractivity contribution in [1.29, 1.82) is 5.26 Å². The molecule has 2 aromatic rings. The van der Waals surface area contributed by atoms with E-state index in [1.54, 1.807) is 6.07 Å². The molecule has 9 heteroatoms. The van der Waals surface area contributed by atoms with Crippen LogP contribution in [0.3, 0.4) is 0 Å². The Morgan fingerprint density at radius 1 is 1.43 bits per heavy atom. The zero-order valence-electron chi connectivity index (χ0n) is 16.6. The SMILES string of the molecule is CCC1CCC(F)(F)c2c3c(nn2C1)CCN(C(=O)Nc1ccc(F)c(C#N)c1)C3. The highest BCUT2D eigenvalue weighted by Crippen LogP contribution is 2.42. The molecule has 0 saturated heterocycles. The third-order valence-corrected chi connectivity index (χ3v) is 5.95. The predicted octanol–water partition coefficient (Wildman–Crippen LogP) is 4.40. The van der Waals surface area contributed by atoms with Crippen molar-refractivity contribution in [1.82, 2.24) is 14.7 Å². The molecule has 2 amide bonds. The van der Waals surface area contributed by atoms with Gasteiger partial charge in [-0.2, -0.15) is 19.1 Å². The molecule has 1 N–H and O–H groups in total. The van der Waals surface area contributed by atoms with E-state index in [9.17, 15) is 18.0 Å². The Bertz CT molecular complexity index is 1030. The summed E-state index contributed by atoms with van der Waals surface area (Å²) >= 11 is 0. The van der Waals surface area contributed by atoms with E-state index in [1.165, 1.54) is 21.7 Å². The fourth-order valence-electron chi connectivity index (χ4n) is 4.21. The fraction of sp³-hybridized carbons (Fsp3) is 0.476. The minimum absolute atomic E-state index is 0.0369. The van der Waals surface area contributed by atoms with Crippen LogP contribution in [-0.4, -0.2) is 27.3 Å². The molecule has 4 rings (SSSR count). The maximum atomic E-state index is 14.9.